The molecular weight excluding hydrogens is 386 g/mol. The third kappa shape index (κ3) is 4.69. The minimum absolute atomic E-state index is 0.244. The number of nitrogens with two attached hydrogens (primary N) is 1. The lowest BCUT2D eigenvalue weighted by molar-refractivity contribution is -0.0388. The zero-order valence-electron chi connectivity index (χ0n) is 16.5. The molecule has 0 aliphatic carbocycles. The number of primary amides is 1. The number of carbonyl (C=O) groups excluding carboxylic acids is 1. The molecule has 0 radical (unpaired) electrons. The quantitative estimate of drug-likeness (QED) is 0.475. The van der Waals surface area contributed by atoms with Crippen molar-refractivity contribution in [3.63, 3.8) is 0 Å². The monoisotopic (exact) mass is 409 g/mol. The van der Waals surface area contributed by atoms with E-state index in [0.717, 1.165) is 31.6 Å². The number of benzene rings is 2. The molecule has 7 nitrogen and oxygen atoms in total. The van der Waals surface area contributed by atoms with Crippen molar-refractivity contribution < 1.29 is 23.4 Å². The molecule has 1 saturated heterocycles. The molecule has 7 heteroatoms. The summed E-state index contributed by atoms with van der Waals surface area (Å²) < 4.78 is 22.1. The molecule has 2 heterocycles. The summed E-state index contributed by atoms with van der Waals surface area (Å²) in [7, 11) is 0. The molecule has 1 aromatic heterocycles. The van der Waals surface area contributed by atoms with Gasteiger partial charge in [0.05, 0.1) is 12.7 Å². The van der Waals surface area contributed by atoms with Crippen LogP contribution in [0.2, 0.25) is 0 Å². The van der Waals surface area contributed by atoms with Crippen molar-refractivity contribution in [2.75, 3.05) is 26.4 Å². The lowest BCUT2D eigenvalue weighted by atomic mass is 10.0. The Hall–Kier alpha value is -3.16. The minimum atomic E-state index is -0.541. The highest BCUT2D eigenvalue weighted by Crippen LogP contribution is 2.29. The zero-order chi connectivity index (χ0) is 20.9. The molecule has 4 rings (SSSR count). The number of amides is 1. The van der Waals surface area contributed by atoms with Crippen LogP contribution in [0.5, 0.6) is 5.75 Å². The molecule has 1 aliphatic heterocycles. The lowest BCUT2D eigenvalue weighted by Gasteiger charge is -2.22. The first-order chi connectivity index (χ1) is 14.6. The molecule has 1 fully saturated rings. The van der Waals surface area contributed by atoms with Gasteiger partial charge in [-0.3, -0.25) is 4.79 Å². The summed E-state index contributed by atoms with van der Waals surface area (Å²) in [5, 5.41) is 0.643. The van der Waals surface area contributed by atoms with E-state index in [1.54, 1.807) is 12.1 Å². The molecule has 3 aromatic rings. The van der Waals surface area contributed by atoms with Crippen molar-refractivity contribution in [3.05, 3.63) is 64.5 Å². The number of fused-ring (bicyclic) bond motifs is 1. The Morgan fingerprint density at radius 3 is 2.53 bits per heavy atom. The van der Waals surface area contributed by atoms with Crippen LogP contribution in [0, 0.1) is 0 Å². The molecule has 0 bridgehead atoms. The smallest absolute Gasteiger partial charge is 0.336 e. The van der Waals surface area contributed by atoms with Crippen molar-refractivity contribution in [3.8, 4) is 16.9 Å². The molecular formula is C23H23NO6. The molecule has 0 saturated carbocycles. The maximum absolute atomic E-state index is 12.0. The van der Waals surface area contributed by atoms with Gasteiger partial charge in [-0.1, -0.05) is 12.1 Å². The molecule has 2 aromatic carbocycles. The zero-order valence-corrected chi connectivity index (χ0v) is 16.5. The summed E-state index contributed by atoms with van der Waals surface area (Å²) in [6.07, 6.45) is 2.09. The Balaban J connectivity index is 1.47. The topological polar surface area (TPSA) is 101 Å². The number of carbonyl (C=O) groups is 1. The van der Waals surface area contributed by atoms with E-state index in [1.165, 1.54) is 12.1 Å². The van der Waals surface area contributed by atoms with Crippen molar-refractivity contribution >= 4 is 16.9 Å². The van der Waals surface area contributed by atoms with Crippen molar-refractivity contribution in [2.45, 2.75) is 18.9 Å². The number of hydrogen-bond donors (Lipinski definition) is 1. The molecule has 1 aliphatic rings. The average Bonchev–Trinajstić information content (AvgIpc) is 2.77. The highest BCUT2D eigenvalue weighted by atomic mass is 16.5. The van der Waals surface area contributed by atoms with Gasteiger partial charge in [0.25, 0.3) is 0 Å². The van der Waals surface area contributed by atoms with Crippen molar-refractivity contribution in [2.24, 2.45) is 5.73 Å². The molecule has 156 valence electrons. The fraction of sp³-hybridized carbons (Fsp3) is 0.304. The second-order valence-corrected chi connectivity index (χ2v) is 7.11. The second kappa shape index (κ2) is 9.11. The van der Waals surface area contributed by atoms with Crippen LogP contribution in [0.25, 0.3) is 22.1 Å². The van der Waals surface area contributed by atoms with Crippen molar-refractivity contribution in [1.82, 2.24) is 0 Å². The molecule has 0 atom stereocenters. The van der Waals surface area contributed by atoms with Gasteiger partial charge in [0.1, 0.15) is 17.9 Å². The summed E-state index contributed by atoms with van der Waals surface area (Å²) in [6, 6.07) is 13.6. The first kappa shape index (κ1) is 20.1. The predicted octanol–water partition coefficient (Wildman–Crippen LogP) is 3.13. The summed E-state index contributed by atoms with van der Waals surface area (Å²) >= 11 is 0. The van der Waals surface area contributed by atoms with E-state index in [2.05, 4.69) is 0 Å². The standard InChI is InChI=1S/C23H23NO6/c24-23(26)16-3-6-21-20(13-16)19(14-22(25)30-21)15-1-4-17(5-2-15)28-11-12-29-18-7-9-27-10-8-18/h1-6,13-14,18H,7-12H2,(H2,24,26). The van der Waals surface area contributed by atoms with Crippen LogP contribution in [0.4, 0.5) is 0 Å². The van der Waals surface area contributed by atoms with Gasteiger partial charge in [-0.15, -0.1) is 0 Å². The highest BCUT2D eigenvalue weighted by Gasteiger charge is 2.14. The van der Waals surface area contributed by atoms with Crippen LogP contribution in [0.15, 0.2) is 57.7 Å². The summed E-state index contributed by atoms with van der Waals surface area (Å²) in [6.45, 7) is 2.48. The van der Waals surface area contributed by atoms with E-state index in [0.29, 0.717) is 41.1 Å². The Labute approximate surface area is 173 Å². The fourth-order valence-corrected chi connectivity index (χ4v) is 3.50. The maximum Gasteiger partial charge on any atom is 0.336 e. The van der Waals surface area contributed by atoms with Crippen molar-refractivity contribution in [1.29, 1.82) is 0 Å². The Kier molecular flexibility index (Phi) is 6.11. The van der Waals surface area contributed by atoms with Crippen LogP contribution in [-0.2, 0) is 9.47 Å². The second-order valence-electron chi connectivity index (χ2n) is 7.11. The minimum Gasteiger partial charge on any atom is -0.491 e. The molecule has 0 unspecified atom stereocenters. The van der Waals surface area contributed by atoms with Gasteiger partial charge in [-0.25, -0.2) is 4.79 Å². The van der Waals surface area contributed by atoms with Crippen LogP contribution >= 0.6 is 0 Å². The number of hydrogen-bond acceptors (Lipinski definition) is 6. The molecule has 30 heavy (non-hydrogen) atoms. The fourth-order valence-electron chi connectivity index (χ4n) is 3.50. The third-order valence-corrected chi connectivity index (χ3v) is 5.07. The van der Waals surface area contributed by atoms with Gasteiger partial charge in [-0.05, 0) is 54.3 Å². The van der Waals surface area contributed by atoms with E-state index >= 15 is 0 Å². The van der Waals surface area contributed by atoms with Gasteiger partial charge in [0.2, 0.25) is 5.91 Å². The van der Waals surface area contributed by atoms with E-state index in [-0.39, 0.29) is 6.10 Å². The Bertz CT molecular complexity index is 1080. The highest BCUT2D eigenvalue weighted by molar-refractivity contribution is 6.00. The predicted molar refractivity (Wildman–Crippen MR) is 112 cm³/mol. The van der Waals surface area contributed by atoms with Gasteiger partial charge in [0, 0.05) is 30.2 Å². The van der Waals surface area contributed by atoms with E-state index in [1.807, 2.05) is 24.3 Å². The molecule has 2 N–H and O–H groups in total. The Morgan fingerprint density at radius 2 is 1.80 bits per heavy atom. The number of ether oxygens (including phenoxy) is 3. The van der Waals surface area contributed by atoms with E-state index in [9.17, 15) is 9.59 Å². The third-order valence-electron chi connectivity index (χ3n) is 5.07. The SMILES string of the molecule is NC(=O)c1ccc2oc(=O)cc(-c3ccc(OCCOC4CCOCC4)cc3)c2c1. The van der Waals surface area contributed by atoms with Crippen LogP contribution in [0.1, 0.15) is 23.2 Å². The lowest BCUT2D eigenvalue weighted by Crippen LogP contribution is -2.25. The molecule has 1 amide bonds. The van der Waals surface area contributed by atoms with E-state index in [4.69, 9.17) is 24.4 Å². The molecule has 0 spiro atoms. The van der Waals surface area contributed by atoms with Crippen LogP contribution in [-0.4, -0.2) is 38.4 Å². The van der Waals surface area contributed by atoms with Crippen LogP contribution < -0.4 is 16.1 Å². The summed E-state index contributed by atoms with van der Waals surface area (Å²) in [4.78, 5) is 23.5. The van der Waals surface area contributed by atoms with Crippen LogP contribution in [0.3, 0.4) is 0 Å². The summed E-state index contributed by atoms with van der Waals surface area (Å²) in [5.41, 5.74) is 7.14. The maximum atomic E-state index is 12.0. The number of rotatable bonds is 7. The van der Waals surface area contributed by atoms with Gasteiger partial charge in [0.15, 0.2) is 0 Å². The Morgan fingerprint density at radius 1 is 1.03 bits per heavy atom. The first-order valence-electron chi connectivity index (χ1n) is 9.90. The summed E-state index contributed by atoms with van der Waals surface area (Å²) in [5.74, 6) is 0.167. The van der Waals surface area contributed by atoms with Gasteiger partial charge in [-0.2, -0.15) is 0 Å². The normalized spacial score (nSPS) is 14.7. The largest absolute Gasteiger partial charge is 0.491 e. The average molecular weight is 409 g/mol. The van der Waals surface area contributed by atoms with Gasteiger partial charge < -0.3 is 24.4 Å². The van der Waals surface area contributed by atoms with E-state index < -0.39 is 11.5 Å². The first-order valence-corrected chi connectivity index (χ1v) is 9.90. The van der Waals surface area contributed by atoms with Gasteiger partial charge >= 0.3 is 5.63 Å².